The summed E-state index contributed by atoms with van der Waals surface area (Å²) in [6.07, 6.45) is 19.6. The van der Waals surface area contributed by atoms with Crippen LogP contribution in [0.4, 0.5) is 5.69 Å². The highest BCUT2D eigenvalue weighted by Crippen LogP contribution is 2.35. The molecule has 1 N–H and O–H groups in total. The van der Waals surface area contributed by atoms with Crippen LogP contribution >= 0.6 is 0 Å². The number of hydrogen-bond acceptors (Lipinski definition) is 4. The topological polar surface area (TPSA) is 52.5 Å². The minimum absolute atomic E-state index is 0.129. The van der Waals surface area contributed by atoms with Gasteiger partial charge in [-0.15, -0.1) is 0 Å². The molecule has 1 heterocycles. The van der Waals surface area contributed by atoms with Crippen LogP contribution in [0.1, 0.15) is 118 Å². The van der Waals surface area contributed by atoms with E-state index in [1.807, 2.05) is 10.6 Å². The molecule has 5 nitrogen and oxygen atoms in total. The lowest BCUT2D eigenvalue weighted by molar-refractivity contribution is 0.303. The lowest BCUT2D eigenvalue weighted by Gasteiger charge is -2.19. The third kappa shape index (κ3) is 14.2. The van der Waals surface area contributed by atoms with Crippen molar-refractivity contribution in [1.82, 2.24) is 4.57 Å². The Morgan fingerprint density at radius 1 is 0.714 bits per heavy atom. The number of allylic oxidation sites excluding steroid dienone is 6. The summed E-state index contributed by atoms with van der Waals surface area (Å²) in [6, 6.07) is 16.6. The van der Waals surface area contributed by atoms with Crippen LogP contribution < -0.4 is 20.3 Å². The van der Waals surface area contributed by atoms with Crippen LogP contribution in [0.2, 0.25) is 0 Å². The number of benzene rings is 2. The quantitative estimate of drug-likeness (QED) is 0.0856. The first-order valence-corrected chi connectivity index (χ1v) is 18.5. The van der Waals surface area contributed by atoms with Gasteiger partial charge in [-0.05, 0) is 110 Å². The summed E-state index contributed by atoms with van der Waals surface area (Å²) in [5.74, 6) is 0.824. The van der Waals surface area contributed by atoms with Gasteiger partial charge in [-0.3, -0.25) is 4.79 Å². The molecule has 0 saturated carbocycles. The molecule has 0 atom stereocenters. The van der Waals surface area contributed by atoms with Crippen LogP contribution in [-0.2, 0) is 13.1 Å². The average molecular weight is 667 g/mol. The molecular formula is C44H62N2O3. The number of nitrogens with zero attached hydrogens (tertiary/aromatic N) is 1. The van der Waals surface area contributed by atoms with E-state index in [1.54, 1.807) is 0 Å². The number of unbranched alkanes of at least 4 members (excludes halogenated alkanes) is 5. The molecule has 1 aromatic heterocycles. The second kappa shape index (κ2) is 21.9. The molecule has 0 fully saturated rings. The van der Waals surface area contributed by atoms with Crippen LogP contribution in [0.15, 0.2) is 99.9 Å². The van der Waals surface area contributed by atoms with Crippen molar-refractivity contribution in [2.75, 3.05) is 18.5 Å². The van der Waals surface area contributed by atoms with E-state index < -0.39 is 0 Å². The summed E-state index contributed by atoms with van der Waals surface area (Å²) in [6.45, 7) is 17.1. The molecule has 0 spiro atoms. The molecule has 0 aliphatic carbocycles. The van der Waals surface area contributed by atoms with Gasteiger partial charge in [0.25, 0.3) is 5.56 Å². The number of fused-ring (bicyclic) bond motifs is 1. The van der Waals surface area contributed by atoms with Gasteiger partial charge < -0.3 is 19.4 Å². The van der Waals surface area contributed by atoms with Crippen molar-refractivity contribution in [3.05, 3.63) is 111 Å². The zero-order valence-electron chi connectivity index (χ0n) is 31.5. The number of aryl methyl sites for hydroxylation is 1. The molecule has 49 heavy (non-hydrogen) atoms. The van der Waals surface area contributed by atoms with Gasteiger partial charge in [-0.25, -0.2) is 0 Å². The number of nitrogens with one attached hydrogen (secondary N) is 1. The third-order valence-corrected chi connectivity index (χ3v) is 8.75. The van der Waals surface area contributed by atoms with Gasteiger partial charge in [0.1, 0.15) is 13.2 Å². The minimum atomic E-state index is -0.129. The molecule has 0 radical (unpaired) electrons. The molecule has 0 saturated heterocycles. The fourth-order valence-corrected chi connectivity index (χ4v) is 5.77. The fourth-order valence-electron chi connectivity index (χ4n) is 5.77. The minimum Gasteiger partial charge on any atom is -0.485 e. The maximum atomic E-state index is 14.4. The van der Waals surface area contributed by atoms with Gasteiger partial charge >= 0.3 is 0 Å². The fraction of sp³-hybridized carbons (Fsp3) is 0.477. The summed E-state index contributed by atoms with van der Waals surface area (Å²) < 4.78 is 14.8. The van der Waals surface area contributed by atoms with E-state index in [2.05, 4.69) is 121 Å². The van der Waals surface area contributed by atoms with E-state index in [0.717, 1.165) is 55.1 Å². The third-order valence-electron chi connectivity index (χ3n) is 8.75. The number of ether oxygens (including phenoxy) is 2. The second-order valence-electron chi connectivity index (χ2n) is 13.8. The molecule has 0 unspecified atom stereocenters. The number of hydrogen-bond donors (Lipinski definition) is 1. The summed E-state index contributed by atoms with van der Waals surface area (Å²) >= 11 is 0. The van der Waals surface area contributed by atoms with Gasteiger partial charge in [-0.2, -0.15) is 0 Å². The van der Waals surface area contributed by atoms with Gasteiger partial charge in [0.2, 0.25) is 5.75 Å². The maximum Gasteiger partial charge on any atom is 0.297 e. The molecule has 0 bridgehead atoms. The highest BCUT2D eigenvalue weighted by atomic mass is 16.5. The molecule has 0 aliphatic heterocycles. The molecule has 3 rings (SSSR count). The SMILES string of the molecule is CCCCCCCCn1c(=O)c(OC/C=C(\C)CCC=C(C)C)c(OC/C=C(\C)CCC=C(C)C)c2ccc(NCc3ccccc3)cc21. The highest BCUT2D eigenvalue weighted by Gasteiger charge is 2.20. The Morgan fingerprint density at radius 2 is 1.31 bits per heavy atom. The smallest absolute Gasteiger partial charge is 0.297 e. The predicted octanol–water partition coefficient (Wildman–Crippen LogP) is 12.1. The van der Waals surface area contributed by atoms with E-state index in [0.29, 0.717) is 37.8 Å². The normalized spacial score (nSPS) is 11.8. The lowest BCUT2D eigenvalue weighted by atomic mass is 10.1. The van der Waals surface area contributed by atoms with Crippen molar-refractivity contribution in [3.8, 4) is 11.5 Å². The van der Waals surface area contributed by atoms with Crippen molar-refractivity contribution in [1.29, 1.82) is 0 Å². The highest BCUT2D eigenvalue weighted by molar-refractivity contribution is 5.90. The zero-order chi connectivity index (χ0) is 35.4. The first kappa shape index (κ1) is 39.4. The monoisotopic (exact) mass is 666 g/mol. The summed E-state index contributed by atoms with van der Waals surface area (Å²) in [5, 5.41) is 4.46. The van der Waals surface area contributed by atoms with E-state index in [1.165, 1.54) is 53.5 Å². The molecular weight excluding hydrogens is 604 g/mol. The van der Waals surface area contributed by atoms with Crippen molar-refractivity contribution in [3.63, 3.8) is 0 Å². The van der Waals surface area contributed by atoms with Gasteiger partial charge in [-0.1, -0.05) is 104 Å². The largest absolute Gasteiger partial charge is 0.485 e. The van der Waals surface area contributed by atoms with E-state index in [-0.39, 0.29) is 5.56 Å². The van der Waals surface area contributed by atoms with Crippen LogP contribution in [0.5, 0.6) is 11.5 Å². The molecule has 5 heteroatoms. The Bertz CT molecular complexity index is 1620. The van der Waals surface area contributed by atoms with Crippen molar-refractivity contribution >= 4 is 16.6 Å². The van der Waals surface area contributed by atoms with E-state index in [4.69, 9.17) is 9.47 Å². The molecule has 0 amide bonds. The predicted molar refractivity (Wildman–Crippen MR) is 211 cm³/mol. The Labute approximate surface area is 296 Å². The summed E-state index contributed by atoms with van der Waals surface area (Å²) in [7, 11) is 0. The van der Waals surface area contributed by atoms with Crippen LogP contribution in [0.25, 0.3) is 10.9 Å². The van der Waals surface area contributed by atoms with Crippen molar-refractivity contribution in [2.24, 2.45) is 0 Å². The van der Waals surface area contributed by atoms with Gasteiger partial charge in [0, 0.05) is 24.2 Å². The standard InChI is InChI=1S/C44H62N2O3/c1-8-9-10-11-12-16-29-46-41-32-39(45-33-38-23-14-13-15-24-38)25-26-40(41)42(48-30-27-36(6)21-17-19-34(2)3)43(44(46)47)49-31-28-37(7)22-18-20-35(4)5/h13-15,19-20,23-28,32,45H,8-12,16-18,21-22,29-31,33H2,1-7H3/b36-27+,37-28+. The van der Waals surface area contributed by atoms with E-state index in [9.17, 15) is 4.79 Å². The van der Waals surface area contributed by atoms with Crippen LogP contribution in [0, 0.1) is 0 Å². The molecule has 2 aromatic carbocycles. The molecule has 0 aliphatic rings. The first-order chi connectivity index (χ1) is 23.7. The Morgan fingerprint density at radius 3 is 1.92 bits per heavy atom. The number of aromatic nitrogens is 1. The number of pyridine rings is 1. The Hall–Kier alpha value is -3.99. The van der Waals surface area contributed by atoms with Crippen molar-refractivity contribution < 1.29 is 9.47 Å². The second-order valence-corrected chi connectivity index (χ2v) is 13.8. The maximum absolute atomic E-state index is 14.4. The number of anilines is 1. The van der Waals surface area contributed by atoms with Gasteiger partial charge in [0.15, 0.2) is 5.75 Å². The first-order valence-electron chi connectivity index (χ1n) is 18.5. The molecule has 3 aromatic rings. The van der Waals surface area contributed by atoms with Crippen molar-refractivity contribution in [2.45, 2.75) is 126 Å². The van der Waals surface area contributed by atoms with Gasteiger partial charge in [0.05, 0.1) is 5.52 Å². The molecule has 266 valence electrons. The van der Waals surface area contributed by atoms with Crippen LogP contribution in [-0.4, -0.2) is 17.8 Å². The van der Waals surface area contributed by atoms with E-state index >= 15 is 0 Å². The Kier molecular flexibility index (Phi) is 17.6. The lowest BCUT2D eigenvalue weighted by Crippen LogP contribution is -2.24. The summed E-state index contributed by atoms with van der Waals surface area (Å²) in [4.78, 5) is 14.4. The van der Waals surface area contributed by atoms with Crippen LogP contribution in [0.3, 0.4) is 0 Å². The average Bonchev–Trinajstić information content (AvgIpc) is 3.07. The summed E-state index contributed by atoms with van der Waals surface area (Å²) in [5.41, 5.74) is 8.09. The number of rotatable bonds is 22. The zero-order valence-corrected chi connectivity index (χ0v) is 31.5. The Balaban J connectivity index is 2.00.